The minimum atomic E-state index is -2.99. The normalized spacial score (nSPS) is 12.7. The van der Waals surface area contributed by atoms with Gasteiger partial charge in [0.25, 0.3) is 0 Å². The second kappa shape index (κ2) is 4.29. The molecule has 0 amide bonds. The summed E-state index contributed by atoms with van der Waals surface area (Å²) in [5, 5.41) is 0. The van der Waals surface area contributed by atoms with E-state index in [0.29, 0.717) is 0 Å². The van der Waals surface area contributed by atoms with Crippen LogP contribution in [0.3, 0.4) is 0 Å². The van der Waals surface area contributed by atoms with Crippen LogP contribution >= 0.6 is 30.0 Å². The zero-order chi connectivity index (χ0) is 7.49. The fourth-order valence-corrected chi connectivity index (χ4v) is 5.81. The molecule has 0 saturated carbocycles. The Balaban J connectivity index is 3.79. The van der Waals surface area contributed by atoms with E-state index >= 15 is 0 Å². The molecule has 0 radical (unpaired) electrons. The molecule has 5 heteroatoms. The molecule has 0 aromatic heterocycles. The molecule has 0 heterocycles. The topological polar surface area (TPSA) is 3.24 Å². The van der Waals surface area contributed by atoms with Crippen molar-refractivity contribution in [2.45, 2.75) is 13.8 Å². The molecule has 1 nitrogen and oxygen atoms in total. The summed E-state index contributed by atoms with van der Waals surface area (Å²) in [6.45, 7) is 5.67. The Hall–Kier alpha value is 1.37. The van der Waals surface area contributed by atoms with E-state index in [0.717, 1.165) is 13.1 Å². The molecule has 56 valence electrons. The molecule has 0 N–H and O–H groups in total. The molecule has 0 aliphatic carbocycles. The third-order valence-electron chi connectivity index (χ3n) is 1.12. The fourth-order valence-electron chi connectivity index (χ4n) is 0.582. The summed E-state index contributed by atoms with van der Waals surface area (Å²) in [5.74, 6) is 0. The Morgan fingerprint density at radius 1 is 1.11 bits per heavy atom. The Bertz CT molecular complexity index is 78.4. The molecule has 0 aromatic carbocycles. The number of hydrogen-bond donors (Lipinski definition) is 0. The first-order valence-electron chi connectivity index (χ1n) is 2.84. The predicted octanol–water partition coefficient (Wildman–Crippen LogP) is 2.48. The van der Waals surface area contributed by atoms with E-state index in [-0.39, 0.29) is 0 Å². The van der Waals surface area contributed by atoms with Crippen LogP contribution in [0.1, 0.15) is 13.8 Å². The molecule has 0 bridgehead atoms. The Morgan fingerprint density at radius 2 is 1.44 bits per heavy atom. The third kappa shape index (κ3) is 3.94. The van der Waals surface area contributed by atoms with Gasteiger partial charge in [-0.1, -0.05) is 0 Å². The van der Waals surface area contributed by atoms with Gasteiger partial charge in [-0.25, -0.2) is 0 Å². The first-order valence-corrected chi connectivity index (χ1v) is 12.0. The number of hydrogen-bond acceptors (Lipinski definition) is 1. The Kier molecular flexibility index (Phi) is 4.95. The van der Waals surface area contributed by atoms with Gasteiger partial charge in [0.2, 0.25) is 0 Å². The summed E-state index contributed by atoms with van der Waals surface area (Å²) < 4.78 is 1.92. The monoisotopic (exact) mass is 251 g/mol. The van der Waals surface area contributed by atoms with Gasteiger partial charge in [0.05, 0.1) is 0 Å². The zero-order valence-electron chi connectivity index (χ0n) is 5.50. The van der Waals surface area contributed by atoms with Gasteiger partial charge >= 0.3 is 71.5 Å². The summed E-state index contributed by atoms with van der Waals surface area (Å²) >= 11 is 0. The second-order valence-electron chi connectivity index (χ2n) is 1.64. The van der Waals surface area contributed by atoms with Crippen LogP contribution in [0.4, 0.5) is 0 Å². The van der Waals surface area contributed by atoms with Crippen molar-refractivity contribution in [3.8, 4) is 0 Å². The standard InChI is InChI=1S/C4H10Cl3GeN/c1-3-9(4-2)8(5,6)7/h3-4H2,1-2H3. The minimum absolute atomic E-state index is 0.840. The average Bonchev–Trinajstić information content (AvgIpc) is 1.65. The van der Waals surface area contributed by atoms with E-state index in [1.165, 1.54) is 0 Å². The van der Waals surface area contributed by atoms with Crippen LogP contribution in [0.5, 0.6) is 0 Å². The van der Waals surface area contributed by atoms with Crippen molar-refractivity contribution in [3.63, 3.8) is 0 Å². The van der Waals surface area contributed by atoms with E-state index in [1.807, 2.05) is 17.7 Å². The fraction of sp³-hybridized carbons (Fsp3) is 1.00. The maximum atomic E-state index is 5.74. The molecule has 0 rings (SSSR count). The summed E-state index contributed by atoms with van der Waals surface area (Å²) in [6, 6.07) is 0. The Morgan fingerprint density at radius 3 is 1.44 bits per heavy atom. The molecular formula is C4H10Cl3GeN. The van der Waals surface area contributed by atoms with E-state index in [9.17, 15) is 0 Å². The van der Waals surface area contributed by atoms with Crippen LogP contribution in [0.15, 0.2) is 0 Å². The van der Waals surface area contributed by atoms with Crippen LogP contribution in [0.2, 0.25) is 0 Å². The Labute approximate surface area is 71.4 Å². The van der Waals surface area contributed by atoms with E-state index in [4.69, 9.17) is 30.0 Å². The molecule has 0 unspecified atom stereocenters. The van der Waals surface area contributed by atoms with Gasteiger partial charge in [-0.2, -0.15) is 0 Å². The van der Waals surface area contributed by atoms with Crippen LogP contribution in [0, 0.1) is 0 Å². The van der Waals surface area contributed by atoms with E-state index < -0.39 is 10.7 Å². The van der Waals surface area contributed by atoms with Gasteiger partial charge in [0.1, 0.15) is 0 Å². The zero-order valence-corrected chi connectivity index (χ0v) is 9.86. The molecule has 0 fully saturated rings. The van der Waals surface area contributed by atoms with Crippen LogP contribution in [-0.4, -0.2) is 27.6 Å². The first kappa shape index (κ1) is 10.4. The van der Waals surface area contributed by atoms with Crippen molar-refractivity contribution in [1.82, 2.24) is 3.86 Å². The van der Waals surface area contributed by atoms with E-state index in [2.05, 4.69) is 0 Å². The quantitative estimate of drug-likeness (QED) is 0.696. The van der Waals surface area contributed by atoms with Gasteiger partial charge in [-0.3, -0.25) is 0 Å². The summed E-state index contributed by atoms with van der Waals surface area (Å²) in [7, 11) is 14.2. The second-order valence-corrected chi connectivity index (χ2v) is 16.5. The summed E-state index contributed by atoms with van der Waals surface area (Å²) in [5.41, 5.74) is 0. The predicted molar refractivity (Wildman–Crippen MR) is 46.2 cm³/mol. The molecular weight excluding hydrogens is 241 g/mol. The molecule has 0 spiro atoms. The number of nitrogens with zero attached hydrogens (tertiary/aromatic N) is 1. The summed E-state index contributed by atoms with van der Waals surface area (Å²) in [6.07, 6.45) is 0. The van der Waals surface area contributed by atoms with Crippen LogP contribution in [-0.2, 0) is 0 Å². The van der Waals surface area contributed by atoms with Crippen molar-refractivity contribution in [2.75, 3.05) is 13.1 Å². The third-order valence-corrected chi connectivity index (χ3v) is 7.68. The molecule has 9 heavy (non-hydrogen) atoms. The van der Waals surface area contributed by atoms with Gasteiger partial charge in [-0.05, 0) is 0 Å². The van der Waals surface area contributed by atoms with Crippen LogP contribution in [0.25, 0.3) is 0 Å². The average molecular weight is 251 g/mol. The first-order chi connectivity index (χ1) is 4.02. The van der Waals surface area contributed by atoms with Crippen LogP contribution < -0.4 is 0 Å². The number of halogens is 3. The van der Waals surface area contributed by atoms with Crippen molar-refractivity contribution in [3.05, 3.63) is 0 Å². The van der Waals surface area contributed by atoms with Crippen molar-refractivity contribution >= 4 is 40.7 Å². The van der Waals surface area contributed by atoms with Gasteiger partial charge < -0.3 is 0 Å². The van der Waals surface area contributed by atoms with Crippen molar-refractivity contribution in [2.24, 2.45) is 0 Å². The molecule has 0 aliphatic rings. The van der Waals surface area contributed by atoms with Gasteiger partial charge in [-0.15, -0.1) is 0 Å². The van der Waals surface area contributed by atoms with E-state index in [1.54, 1.807) is 0 Å². The molecule has 0 aliphatic heterocycles. The van der Waals surface area contributed by atoms with Crippen molar-refractivity contribution < 1.29 is 0 Å². The van der Waals surface area contributed by atoms with Gasteiger partial charge in [0.15, 0.2) is 0 Å². The SMILES string of the molecule is CC[N](CC)[Ge]([Cl])([Cl])[Cl]. The molecule has 0 atom stereocenters. The van der Waals surface area contributed by atoms with Crippen molar-refractivity contribution in [1.29, 1.82) is 0 Å². The molecule has 0 aromatic rings. The maximum absolute atomic E-state index is 5.74. The summed E-state index contributed by atoms with van der Waals surface area (Å²) in [4.78, 5) is 0. The number of rotatable bonds is 3. The van der Waals surface area contributed by atoms with Gasteiger partial charge in [0, 0.05) is 0 Å². The molecule has 0 saturated heterocycles.